The monoisotopic (exact) mass is 389 g/mol. The molecular weight excluding hydrogens is 354 g/mol. The molecule has 2 fully saturated rings. The number of likely N-dealkylation sites (tertiary alicyclic amines) is 1. The van der Waals surface area contributed by atoms with Gasteiger partial charge in [-0.05, 0) is 25.3 Å². The average molecular weight is 390 g/mol. The molecule has 0 aliphatic carbocycles. The first-order valence-corrected chi connectivity index (χ1v) is 10.6. The number of hydrogen-bond acceptors (Lipinski definition) is 5. The van der Waals surface area contributed by atoms with Crippen molar-refractivity contribution in [2.24, 2.45) is 0 Å². The Morgan fingerprint density at radius 3 is 2.39 bits per heavy atom. The van der Waals surface area contributed by atoms with Gasteiger partial charge in [0.15, 0.2) is 0 Å². The molecule has 1 aromatic heterocycles. The second-order valence-corrected chi connectivity index (χ2v) is 9.18. The summed E-state index contributed by atoms with van der Waals surface area (Å²) in [7, 11) is 1.92. The van der Waals surface area contributed by atoms with Crippen molar-refractivity contribution < 1.29 is 4.79 Å². The van der Waals surface area contributed by atoms with Crippen LogP contribution in [0.2, 0.25) is 0 Å². The van der Waals surface area contributed by atoms with Crippen LogP contribution in [-0.2, 0) is 16.8 Å². The van der Waals surface area contributed by atoms with Crippen molar-refractivity contribution in [2.45, 2.75) is 58.0 Å². The number of carbonyl (C=O) groups is 1. The Kier molecular flexibility index (Phi) is 6.55. The van der Waals surface area contributed by atoms with Gasteiger partial charge in [0.25, 0.3) is 5.56 Å². The lowest BCUT2D eigenvalue weighted by Crippen LogP contribution is -2.55. The Bertz CT molecular complexity index is 731. The van der Waals surface area contributed by atoms with Crippen LogP contribution in [0.1, 0.15) is 45.7 Å². The van der Waals surface area contributed by atoms with E-state index < -0.39 is 0 Å². The van der Waals surface area contributed by atoms with Gasteiger partial charge in [-0.2, -0.15) is 5.10 Å². The largest absolute Gasteiger partial charge is 0.344 e. The topological polar surface area (TPSA) is 61.7 Å². The summed E-state index contributed by atoms with van der Waals surface area (Å²) >= 11 is 0. The molecule has 2 saturated heterocycles. The highest BCUT2D eigenvalue weighted by atomic mass is 16.2. The summed E-state index contributed by atoms with van der Waals surface area (Å²) in [6, 6.07) is 3.50. The fourth-order valence-corrected chi connectivity index (χ4v) is 4.06. The van der Waals surface area contributed by atoms with Crippen LogP contribution in [-0.4, -0.2) is 82.7 Å². The zero-order valence-electron chi connectivity index (χ0n) is 17.9. The number of carbonyl (C=O) groups excluding carboxylic acids is 1. The fraction of sp³-hybridized carbons (Fsp3) is 0.762. The Balaban J connectivity index is 1.54. The molecule has 2 aliphatic heterocycles. The molecule has 3 rings (SSSR count). The summed E-state index contributed by atoms with van der Waals surface area (Å²) < 4.78 is 1.59. The minimum atomic E-state index is -0.0700. The number of hydrogen-bond donors (Lipinski definition) is 0. The van der Waals surface area contributed by atoms with E-state index in [4.69, 9.17) is 0 Å². The molecule has 7 heteroatoms. The number of nitrogens with zero attached hydrogens (tertiary/aromatic N) is 5. The molecule has 0 spiro atoms. The Morgan fingerprint density at radius 1 is 1.00 bits per heavy atom. The number of likely N-dealkylation sites (N-methyl/N-ethyl adjacent to an activating group) is 1. The highest BCUT2D eigenvalue weighted by molar-refractivity contribution is 5.81. The number of amides is 1. The molecular formula is C21H35N5O2. The molecule has 0 radical (unpaired) electrons. The number of aromatic nitrogens is 2. The molecule has 28 heavy (non-hydrogen) atoms. The third-order valence-corrected chi connectivity index (χ3v) is 5.99. The highest BCUT2D eigenvalue weighted by Crippen LogP contribution is 2.19. The van der Waals surface area contributed by atoms with E-state index in [2.05, 4.69) is 35.7 Å². The first kappa shape index (κ1) is 21.0. The minimum Gasteiger partial charge on any atom is -0.344 e. The molecule has 3 heterocycles. The first-order valence-electron chi connectivity index (χ1n) is 10.6. The second kappa shape index (κ2) is 8.74. The van der Waals surface area contributed by atoms with Gasteiger partial charge in [-0.15, -0.1) is 0 Å². The van der Waals surface area contributed by atoms with Crippen molar-refractivity contribution in [1.82, 2.24) is 24.5 Å². The SMILES string of the molecule is CN1CCCCC(N2CCN(CCn3nc(C(C)(C)C)ccc3=O)CC2)C1=O. The maximum Gasteiger partial charge on any atom is 0.266 e. The molecule has 2 aliphatic rings. The first-order chi connectivity index (χ1) is 13.3. The van der Waals surface area contributed by atoms with Gasteiger partial charge in [-0.1, -0.05) is 20.8 Å². The lowest BCUT2D eigenvalue weighted by molar-refractivity contribution is -0.135. The molecule has 1 atom stereocenters. The average Bonchev–Trinajstić information content (AvgIpc) is 2.82. The third kappa shape index (κ3) is 5.00. The van der Waals surface area contributed by atoms with Gasteiger partial charge in [0, 0.05) is 57.8 Å². The van der Waals surface area contributed by atoms with Gasteiger partial charge in [0.2, 0.25) is 5.91 Å². The lowest BCUT2D eigenvalue weighted by Gasteiger charge is -2.39. The second-order valence-electron chi connectivity index (χ2n) is 9.18. The zero-order chi connectivity index (χ0) is 20.3. The van der Waals surface area contributed by atoms with E-state index in [0.717, 1.165) is 64.2 Å². The van der Waals surface area contributed by atoms with Crippen LogP contribution in [0.4, 0.5) is 0 Å². The summed E-state index contributed by atoms with van der Waals surface area (Å²) in [4.78, 5) is 31.4. The van der Waals surface area contributed by atoms with E-state index in [1.807, 2.05) is 18.0 Å². The summed E-state index contributed by atoms with van der Waals surface area (Å²) in [6.07, 6.45) is 3.20. The Labute approximate surface area is 168 Å². The van der Waals surface area contributed by atoms with Crippen LogP contribution in [0.15, 0.2) is 16.9 Å². The van der Waals surface area contributed by atoms with Crippen LogP contribution in [0.25, 0.3) is 0 Å². The molecule has 0 N–H and O–H groups in total. The predicted octanol–water partition coefficient (Wildman–Crippen LogP) is 1.17. The van der Waals surface area contributed by atoms with Crippen LogP contribution in [0, 0.1) is 0 Å². The van der Waals surface area contributed by atoms with E-state index in [1.54, 1.807) is 10.7 Å². The number of piperazine rings is 1. The van der Waals surface area contributed by atoms with Crippen molar-refractivity contribution in [3.8, 4) is 0 Å². The van der Waals surface area contributed by atoms with Gasteiger partial charge in [0.1, 0.15) is 0 Å². The predicted molar refractivity (Wildman–Crippen MR) is 110 cm³/mol. The fourth-order valence-electron chi connectivity index (χ4n) is 4.06. The lowest BCUT2D eigenvalue weighted by atomic mass is 9.92. The highest BCUT2D eigenvalue weighted by Gasteiger charge is 2.32. The van der Waals surface area contributed by atoms with Crippen LogP contribution in [0.5, 0.6) is 0 Å². The van der Waals surface area contributed by atoms with E-state index in [9.17, 15) is 9.59 Å². The number of rotatable bonds is 4. The van der Waals surface area contributed by atoms with E-state index in [-0.39, 0.29) is 22.9 Å². The normalized spacial score (nSPS) is 23.1. The summed E-state index contributed by atoms with van der Waals surface area (Å²) in [5.41, 5.74) is 0.825. The van der Waals surface area contributed by atoms with Gasteiger partial charge in [-0.25, -0.2) is 4.68 Å². The van der Waals surface area contributed by atoms with Gasteiger partial charge in [-0.3, -0.25) is 19.4 Å². The third-order valence-electron chi connectivity index (χ3n) is 5.99. The van der Waals surface area contributed by atoms with Crippen molar-refractivity contribution in [1.29, 1.82) is 0 Å². The molecule has 0 saturated carbocycles. The van der Waals surface area contributed by atoms with Gasteiger partial charge >= 0.3 is 0 Å². The Morgan fingerprint density at radius 2 is 1.71 bits per heavy atom. The molecule has 0 bridgehead atoms. The Hall–Kier alpha value is -1.73. The smallest absolute Gasteiger partial charge is 0.266 e. The molecule has 0 aromatic carbocycles. The molecule has 1 unspecified atom stereocenters. The van der Waals surface area contributed by atoms with Gasteiger partial charge < -0.3 is 4.90 Å². The molecule has 1 amide bonds. The van der Waals surface area contributed by atoms with E-state index >= 15 is 0 Å². The molecule has 1 aromatic rings. The van der Waals surface area contributed by atoms with Crippen molar-refractivity contribution in [3.63, 3.8) is 0 Å². The quantitative estimate of drug-likeness (QED) is 0.774. The van der Waals surface area contributed by atoms with Crippen LogP contribution >= 0.6 is 0 Å². The molecule has 156 valence electrons. The maximum absolute atomic E-state index is 12.6. The summed E-state index contributed by atoms with van der Waals surface area (Å²) in [6.45, 7) is 12.3. The standard InChI is InChI=1S/C21H35N5O2/c1-21(2,3)18-8-9-19(27)26(22-18)16-13-24-11-14-25(15-12-24)17-7-5-6-10-23(4)20(17)28/h8-9,17H,5-7,10-16H2,1-4H3. The van der Waals surface area contributed by atoms with E-state index in [1.165, 1.54) is 0 Å². The van der Waals surface area contributed by atoms with Crippen LogP contribution < -0.4 is 5.56 Å². The zero-order valence-corrected chi connectivity index (χ0v) is 17.9. The molecule has 7 nitrogen and oxygen atoms in total. The van der Waals surface area contributed by atoms with Gasteiger partial charge in [0.05, 0.1) is 18.3 Å². The maximum atomic E-state index is 12.6. The summed E-state index contributed by atoms with van der Waals surface area (Å²) in [5, 5.41) is 4.56. The van der Waals surface area contributed by atoms with E-state index in [0.29, 0.717) is 6.54 Å². The van der Waals surface area contributed by atoms with Crippen LogP contribution in [0.3, 0.4) is 0 Å². The summed E-state index contributed by atoms with van der Waals surface area (Å²) in [5.74, 6) is 0.278. The van der Waals surface area contributed by atoms with Crippen molar-refractivity contribution in [2.75, 3.05) is 46.3 Å². The van der Waals surface area contributed by atoms with Crippen molar-refractivity contribution >= 4 is 5.91 Å². The minimum absolute atomic E-state index is 0.0428. The van der Waals surface area contributed by atoms with Crippen molar-refractivity contribution in [3.05, 3.63) is 28.2 Å².